The zero-order chi connectivity index (χ0) is 24.6. The number of nitrogens with one attached hydrogen (secondary N) is 1. The minimum atomic E-state index is -0.273. The van der Waals surface area contributed by atoms with Crippen molar-refractivity contribution in [2.45, 2.75) is 5.16 Å². The Morgan fingerprint density at radius 1 is 1.06 bits per heavy atom. The van der Waals surface area contributed by atoms with Crippen LogP contribution in [0.5, 0.6) is 11.5 Å². The monoisotopic (exact) mass is 551 g/mol. The van der Waals surface area contributed by atoms with Gasteiger partial charge in [-0.3, -0.25) is 9.36 Å². The van der Waals surface area contributed by atoms with E-state index in [0.717, 1.165) is 15.7 Å². The number of thioether (sulfide) groups is 1. The van der Waals surface area contributed by atoms with Gasteiger partial charge in [-0.05, 0) is 36.4 Å². The molecule has 0 aliphatic carbocycles. The molecule has 8 nitrogen and oxygen atoms in total. The highest BCUT2D eigenvalue weighted by Crippen LogP contribution is 2.28. The van der Waals surface area contributed by atoms with Crippen LogP contribution in [-0.2, 0) is 4.79 Å². The van der Waals surface area contributed by atoms with Crippen LogP contribution >= 0.6 is 27.7 Å². The predicted molar refractivity (Wildman–Crippen MR) is 141 cm³/mol. The van der Waals surface area contributed by atoms with Crippen LogP contribution in [0.3, 0.4) is 0 Å². The molecule has 4 aromatic rings. The van der Waals surface area contributed by atoms with Crippen LogP contribution in [0.2, 0.25) is 0 Å². The fourth-order valence-corrected chi connectivity index (χ4v) is 4.23. The number of aromatic nitrogens is 3. The number of carbonyl (C=O) groups excluding carboxylic acids is 1. The molecule has 0 bridgehead atoms. The van der Waals surface area contributed by atoms with Gasteiger partial charge in [-0.15, -0.1) is 10.2 Å². The fraction of sp³-hybridized carbons (Fsp3) is 0.120. The topological polar surface area (TPSA) is 90.6 Å². The van der Waals surface area contributed by atoms with Gasteiger partial charge in [0, 0.05) is 27.4 Å². The lowest BCUT2D eigenvalue weighted by molar-refractivity contribution is -0.118. The molecule has 0 saturated heterocycles. The number of benzene rings is 3. The first kappa shape index (κ1) is 24.5. The molecule has 10 heteroatoms. The van der Waals surface area contributed by atoms with Crippen molar-refractivity contribution in [1.29, 1.82) is 0 Å². The Morgan fingerprint density at radius 2 is 1.83 bits per heavy atom. The first-order chi connectivity index (χ1) is 17.1. The number of hydrogen-bond acceptors (Lipinski definition) is 7. The van der Waals surface area contributed by atoms with E-state index in [-0.39, 0.29) is 11.7 Å². The van der Waals surface area contributed by atoms with Gasteiger partial charge >= 0.3 is 0 Å². The van der Waals surface area contributed by atoms with Gasteiger partial charge in [0.15, 0.2) is 11.0 Å². The number of hydrazone groups is 1. The number of halogens is 1. The van der Waals surface area contributed by atoms with Crippen LogP contribution in [-0.4, -0.2) is 46.9 Å². The van der Waals surface area contributed by atoms with Crippen molar-refractivity contribution in [2.24, 2.45) is 5.10 Å². The highest BCUT2D eigenvalue weighted by molar-refractivity contribution is 9.10. The van der Waals surface area contributed by atoms with E-state index in [1.54, 1.807) is 32.4 Å². The van der Waals surface area contributed by atoms with Crippen LogP contribution in [0.25, 0.3) is 17.1 Å². The van der Waals surface area contributed by atoms with E-state index in [0.29, 0.717) is 28.0 Å². The lowest BCUT2D eigenvalue weighted by Crippen LogP contribution is -2.20. The van der Waals surface area contributed by atoms with Gasteiger partial charge in [0.1, 0.15) is 11.5 Å². The average molecular weight is 552 g/mol. The Balaban J connectivity index is 1.48. The molecule has 1 aromatic heterocycles. The van der Waals surface area contributed by atoms with E-state index in [1.165, 1.54) is 18.0 Å². The summed E-state index contributed by atoms with van der Waals surface area (Å²) >= 11 is 4.75. The van der Waals surface area contributed by atoms with Crippen LogP contribution in [0, 0.1) is 0 Å². The minimum Gasteiger partial charge on any atom is -0.497 e. The molecule has 3 aromatic carbocycles. The zero-order valence-corrected chi connectivity index (χ0v) is 21.4. The molecule has 0 saturated carbocycles. The van der Waals surface area contributed by atoms with Gasteiger partial charge < -0.3 is 9.47 Å². The second-order valence-corrected chi connectivity index (χ2v) is 9.03. The quantitative estimate of drug-likeness (QED) is 0.180. The molecule has 1 N–H and O–H groups in total. The first-order valence-corrected chi connectivity index (χ1v) is 12.3. The number of methoxy groups -OCH3 is 2. The third-order valence-corrected chi connectivity index (χ3v) is 6.37. The summed E-state index contributed by atoms with van der Waals surface area (Å²) in [6.45, 7) is 0. The number of rotatable bonds is 9. The Hall–Kier alpha value is -3.63. The molecule has 4 rings (SSSR count). The molecule has 0 fully saturated rings. The summed E-state index contributed by atoms with van der Waals surface area (Å²) in [5.41, 5.74) is 5.08. The summed E-state index contributed by atoms with van der Waals surface area (Å²) in [6.07, 6.45) is 1.53. The number of carbonyl (C=O) groups is 1. The number of hydrogen-bond donors (Lipinski definition) is 1. The largest absolute Gasteiger partial charge is 0.497 e. The molecule has 1 amide bonds. The van der Waals surface area contributed by atoms with Crippen LogP contribution in [0.4, 0.5) is 0 Å². The van der Waals surface area contributed by atoms with Crippen molar-refractivity contribution in [3.63, 3.8) is 0 Å². The molecule has 1 heterocycles. The highest BCUT2D eigenvalue weighted by Gasteiger charge is 2.17. The average Bonchev–Trinajstić information content (AvgIpc) is 3.32. The van der Waals surface area contributed by atoms with Gasteiger partial charge in [0.25, 0.3) is 5.91 Å². The SMILES string of the molecule is COc1ccc(C=NNC(=O)CSc2nnc(-c3ccccc3)n2-c2ccc(Br)cc2)c(OC)c1. The van der Waals surface area contributed by atoms with Crippen molar-refractivity contribution in [3.8, 4) is 28.6 Å². The smallest absolute Gasteiger partial charge is 0.250 e. The Labute approximate surface area is 215 Å². The van der Waals surface area contributed by atoms with Crippen molar-refractivity contribution >= 4 is 39.8 Å². The summed E-state index contributed by atoms with van der Waals surface area (Å²) in [6, 6.07) is 23.0. The van der Waals surface area contributed by atoms with Gasteiger partial charge in [0.2, 0.25) is 0 Å². The zero-order valence-electron chi connectivity index (χ0n) is 19.0. The van der Waals surface area contributed by atoms with Gasteiger partial charge in [-0.2, -0.15) is 5.10 Å². The summed E-state index contributed by atoms with van der Waals surface area (Å²) in [5.74, 6) is 1.79. The Morgan fingerprint density at radius 3 is 2.54 bits per heavy atom. The molecule has 178 valence electrons. The molecule has 35 heavy (non-hydrogen) atoms. The van der Waals surface area contributed by atoms with Gasteiger partial charge in [0.05, 0.1) is 26.2 Å². The van der Waals surface area contributed by atoms with E-state index in [2.05, 4.69) is 36.7 Å². The van der Waals surface area contributed by atoms with Gasteiger partial charge in [-0.25, -0.2) is 5.43 Å². The van der Waals surface area contributed by atoms with E-state index >= 15 is 0 Å². The maximum atomic E-state index is 12.5. The highest BCUT2D eigenvalue weighted by atomic mass is 79.9. The second-order valence-electron chi connectivity index (χ2n) is 7.17. The first-order valence-electron chi connectivity index (χ1n) is 10.5. The van der Waals surface area contributed by atoms with E-state index in [9.17, 15) is 4.79 Å². The fourth-order valence-electron chi connectivity index (χ4n) is 3.22. The minimum absolute atomic E-state index is 0.112. The molecule has 0 atom stereocenters. The van der Waals surface area contributed by atoms with Crippen molar-refractivity contribution in [3.05, 3.63) is 82.8 Å². The molecule has 0 spiro atoms. The van der Waals surface area contributed by atoms with Crippen LogP contribution < -0.4 is 14.9 Å². The standard InChI is InChI=1S/C25H22BrN5O3S/c1-33-21-13-8-18(22(14-21)34-2)15-27-28-23(32)16-35-25-30-29-24(17-6-4-3-5-7-17)31(25)20-11-9-19(26)10-12-20/h3-15H,16H2,1-2H3,(H,28,32). The normalized spacial score (nSPS) is 10.9. The van der Waals surface area contributed by atoms with Crippen LogP contribution in [0.1, 0.15) is 5.56 Å². The molecular weight excluding hydrogens is 530 g/mol. The number of nitrogens with zero attached hydrogens (tertiary/aromatic N) is 4. The third kappa shape index (κ3) is 6.09. The summed E-state index contributed by atoms with van der Waals surface area (Å²) in [4.78, 5) is 12.5. The molecule has 0 aliphatic heterocycles. The maximum Gasteiger partial charge on any atom is 0.250 e. The van der Waals surface area contributed by atoms with Crippen molar-refractivity contribution < 1.29 is 14.3 Å². The van der Waals surface area contributed by atoms with Gasteiger partial charge in [-0.1, -0.05) is 58.0 Å². The van der Waals surface area contributed by atoms with Crippen molar-refractivity contribution in [2.75, 3.05) is 20.0 Å². The van der Waals surface area contributed by atoms with Crippen LogP contribution in [0.15, 0.2) is 87.5 Å². The summed E-state index contributed by atoms with van der Waals surface area (Å²) < 4.78 is 13.4. The summed E-state index contributed by atoms with van der Waals surface area (Å²) in [7, 11) is 3.15. The van der Waals surface area contributed by atoms with Crippen molar-refractivity contribution in [1.82, 2.24) is 20.2 Å². The second kappa shape index (κ2) is 11.7. The molecular formula is C25H22BrN5O3S. The molecule has 0 aliphatic rings. The third-order valence-electron chi connectivity index (χ3n) is 4.92. The lowest BCUT2D eigenvalue weighted by atomic mass is 10.2. The Bertz CT molecular complexity index is 1330. The van der Waals surface area contributed by atoms with E-state index in [4.69, 9.17) is 9.47 Å². The Kier molecular flexibility index (Phi) is 8.17. The maximum absolute atomic E-state index is 12.5. The predicted octanol–water partition coefficient (Wildman–Crippen LogP) is 4.96. The molecule has 0 unspecified atom stereocenters. The van der Waals surface area contributed by atoms with E-state index in [1.807, 2.05) is 59.2 Å². The lowest BCUT2D eigenvalue weighted by Gasteiger charge is -2.10. The summed E-state index contributed by atoms with van der Waals surface area (Å²) in [5, 5.41) is 13.4. The number of amides is 1. The number of ether oxygens (including phenoxy) is 2. The molecule has 0 radical (unpaired) electrons. The van der Waals surface area contributed by atoms with E-state index < -0.39 is 0 Å².